The summed E-state index contributed by atoms with van der Waals surface area (Å²) in [5.74, 6) is 0.00989. The zero-order valence-electron chi connectivity index (χ0n) is 18.5. The van der Waals surface area contributed by atoms with Crippen LogP contribution < -0.4 is 4.90 Å². The van der Waals surface area contributed by atoms with E-state index in [2.05, 4.69) is 39.6 Å². The third-order valence-corrected chi connectivity index (χ3v) is 8.75. The van der Waals surface area contributed by atoms with Gasteiger partial charge in [-0.05, 0) is 50.1 Å². The summed E-state index contributed by atoms with van der Waals surface area (Å²) < 4.78 is 27.5. The summed E-state index contributed by atoms with van der Waals surface area (Å²) in [7, 11) is -1.92. The van der Waals surface area contributed by atoms with E-state index in [4.69, 9.17) is 0 Å². The molecule has 5 nitrogen and oxygen atoms in total. The first-order chi connectivity index (χ1) is 15.1. The number of halogens is 1. The van der Waals surface area contributed by atoms with Gasteiger partial charge in [0.15, 0.2) is 0 Å². The molecule has 0 unspecified atom stereocenters. The molecule has 0 saturated carbocycles. The van der Waals surface area contributed by atoms with E-state index in [9.17, 15) is 13.2 Å². The Morgan fingerprint density at radius 2 is 1.91 bits per heavy atom. The second-order valence-electron chi connectivity index (χ2n) is 8.84. The van der Waals surface area contributed by atoms with Gasteiger partial charge in [-0.1, -0.05) is 58.4 Å². The maximum Gasteiger partial charge on any atom is 0.225 e. The van der Waals surface area contributed by atoms with Crippen LogP contribution in [0.15, 0.2) is 81.0 Å². The SMILES string of the molecule is C=C(C[C@@]12CC(=O)N(C)[C@@H]1N(CC=C(C)C)c1cc(Br)ccc12)S(=O)(=O)c1ccccc1. The van der Waals surface area contributed by atoms with Crippen LogP contribution in [0.2, 0.25) is 0 Å². The maximum atomic E-state index is 13.3. The van der Waals surface area contributed by atoms with Crippen molar-refractivity contribution in [1.82, 2.24) is 4.90 Å². The summed E-state index contributed by atoms with van der Waals surface area (Å²) in [6.07, 6.45) is 2.28. The highest BCUT2D eigenvalue weighted by Gasteiger charge is 2.59. The Morgan fingerprint density at radius 3 is 2.56 bits per heavy atom. The van der Waals surface area contributed by atoms with Gasteiger partial charge in [0.2, 0.25) is 15.7 Å². The number of sulfone groups is 1. The third-order valence-electron chi connectivity index (χ3n) is 6.46. The fourth-order valence-electron chi connectivity index (χ4n) is 4.97. The summed E-state index contributed by atoms with van der Waals surface area (Å²) in [6.45, 7) is 8.73. The number of hydrogen-bond donors (Lipinski definition) is 0. The van der Waals surface area contributed by atoms with Gasteiger partial charge in [-0.25, -0.2) is 8.42 Å². The normalized spacial score (nSPS) is 22.0. The van der Waals surface area contributed by atoms with Crippen molar-refractivity contribution in [2.45, 2.75) is 43.2 Å². The lowest BCUT2D eigenvalue weighted by Crippen LogP contribution is -2.49. The van der Waals surface area contributed by atoms with Crippen molar-refractivity contribution in [3.63, 3.8) is 0 Å². The number of carbonyl (C=O) groups is 1. The number of allylic oxidation sites excluding steroid dienone is 2. The molecule has 2 aliphatic rings. The van der Waals surface area contributed by atoms with Gasteiger partial charge in [0.25, 0.3) is 0 Å². The Morgan fingerprint density at radius 1 is 1.22 bits per heavy atom. The van der Waals surface area contributed by atoms with Gasteiger partial charge in [-0.2, -0.15) is 0 Å². The monoisotopic (exact) mass is 514 g/mol. The quantitative estimate of drug-likeness (QED) is 0.506. The number of likely N-dealkylation sites (tertiary alicyclic amines) is 1. The molecule has 2 aromatic carbocycles. The molecule has 0 N–H and O–H groups in total. The predicted molar refractivity (Wildman–Crippen MR) is 131 cm³/mol. The van der Waals surface area contributed by atoms with Crippen LogP contribution in [0.3, 0.4) is 0 Å². The van der Waals surface area contributed by atoms with Crippen LogP contribution in [0.4, 0.5) is 5.69 Å². The molecule has 0 bridgehead atoms. The van der Waals surface area contributed by atoms with E-state index in [1.165, 1.54) is 5.57 Å². The van der Waals surface area contributed by atoms with E-state index in [1.807, 2.05) is 26.0 Å². The summed E-state index contributed by atoms with van der Waals surface area (Å²) in [5.41, 5.74) is 2.51. The van der Waals surface area contributed by atoms with Gasteiger partial charge in [0.05, 0.1) is 4.90 Å². The van der Waals surface area contributed by atoms with Gasteiger partial charge < -0.3 is 9.80 Å². The van der Waals surface area contributed by atoms with Gasteiger partial charge in [0.1, 0.15) is 6.17 Å². The Hall–Kier alpha value is -2.38. The number of hydrogen-bond acceptors (Lipinski definition) is 4. The van der Waals surface area contributed by atoms with Crippen LogP contribution in [-0.4, -0.2) is 39.0 Å². The zero-order chi connectivity index (χ0) is 23.3. The van der Waals surface area contributed by atoms with E-state index >= 15 is 0 Å². The van der Waals surface area contributed by atoms with Crippen molar-refractivity contribution >= 4 is 37.4 Å². The molecule has 7 heteroatoms. The van der Waals surface area contributed by atoms with Crippen molar-refractivity contribution in [3.8, 4) is 0 Å². The minimum absolute atomic E-state index is 0.00989. The zero-order valence-corrected chi connectivity index (χ0v) is 20.9. The number of likely N-dealkylation sites (N-methyl/N-ethyl adjacent to an activating group) is 1. The van der Waals surface area contributed by atoms with Crippen LogP contribution >= 0.6 is 15.9 Å². The van der Waals surface area contributed by atoms with Gasteiger partial charge in [-0.15, -0.1) is 0 Å². The molecule has 1 saturated heterocycles. The van der Waals surface area contributed by atoms with Crippen LogP contribution in [0.1, 0.15) is 32.3 Å². The first kappa shape index (κ1) is 22.8. The van der Waals surface area contributed by atoms with E-state index < -0.39 is 15.3 Å². The fraction of sp³-hybridized carbons (Fsp3) is 0.320. The summed E-state index contributed by atoms with van der Waals surface area (Å²) >= 11 is 3.57. The Bertz CT molecular complexity index is 1220. The molecular weight excluding hydrogens is 488 g/mol. The molecule has 2 aromatic rings. The highest BCUT2D eigenvalue weighted by molar-refractivity contribution is 9.10. The molecule has 32 heavy (non-hydrogen) atoms. The van der Waals surface area contributed by atoms with Crippen molar-refractivity contribution < 1.29 is 13.2 Å². The van der Waals surface area contributed by atoms with Crippen molar-refractivity contribution in [1.29, 1.82) is 0 Å². The smallest absolute Gasteiger partial charge is 0.225 e. The third kappa shape index (κ3) is 3.61. The topological polar surface area (TPSA) is 57.7 Å². The number of nitrogens with zero attached hydrogens (tertiary/aromatic N) is 2. The second-order valence-corrected chi connectivity index (χ2v) is 11.8. The number of carbonyl (C=O) groups excluding carboxylic acids is 1. The van der Waals surface area contributed by atoms with Gasteiger partial charge in [0, 0.05) is 40.5 Å². The lowest BCUT2D eigenvalue weighted by Gasteiger charge is -2.36. The van der Waals surface area contributed by atoms with Crippen LogP contribution in [0.5, 0.6) is 0 Å². The lowest BCUT2D eigenvalue weighted by molar-refractivity contribution is -0.127. The van der Waals surface area contributed by atoms with Gasteiger partial charge >= 0.3 is 0 Å². The van der Waals surface area contributed by atoms with Crippen LogP contribution in [0, 0.1) is 0 Å². The molecule has 2 atom stereocenters. The van der Waals surface area contributed by atoms with E-state index in [1.54, 1.807) is 42.3 Å². The minimum atomic E-state index is -3.72. The highest BCUT2D eigenvalue weighted by Crippen LogP contribution is 2.56. The number of rotatable bonds is 6. The lowest BCUT2D eigenvalue weighted by atomic mass is 9.76. The predicted octanol–water partition coefficient (Wildman–Crippen LogP) is 5.04. The van der Waals surface area contributed by atoms with E-state index in [0.717, 1.165) is 15.7 Å². The van der Waals surface area contributed by atoms with Crippen molar-refractivity contribution in [2.24, 2.45) is 0 Å². The summed E-state index contributed by atoms with van der Waals surface area (Å²) in [5, 5.41) is 0. The molecule has 2 aliphatic heterocycles. The molecule has 0 aliphatic carbocycles. The second kappa shape index (κ2) is 8.19. The molecule has 4 rings (SSSR count). The molecule has 1 amide bonds. The average Bonchev–Trinajstić information content (AvgIpc) is 3.14. The molecule has 0 spiro atoms. The first-order valence-corrected chi connectivity index (χ1v) is 12.8. The molecule has 168 valence electrons. The van der Waals surface area contributed by atoms with E-state index in [-0.39, 0.29) is 34.7 Å². The Labute approximate surface area is 198 Å². The van der Waals surface area contributed by atoms with Crippen LogP contribution in [0.25, 0.3) is 0 Å². The largest absolute Gasteiger partial charge is 0.346 e. The average molecular weight is 515 g/mol. The molecule has 1 fully saturated rings. The van der Waals surface area contributed by atoms with Crippen LogP contribution in [-0.2, 0) is 20.0 Å². The molecule has 0 aromatic heterocycles. The van der Waals surface area contributed by atoms with Gasteiger partial charge in [-0.3, -0.25) is 4.79 Å². The fourth-order valence-corrected chi connectivity index (χ4v) is 6.62. The number of benzene rings is 2. The standard InChI is InChI=1S/C25H27BrN2O3S/c1-17(2)12-13-28-22-14-19(26)10-11-21(22)25(16-23(29)27(4)24(25)28)15-18(3)32(30,31)20-8-6-5-7-9-20/h5-12,14,24H,3,13,15-16H2,1-2,4H3/t24-,25+/m1/s1. The van der Waals surface area contributed by atoms with Crippen molar-refractivity contribution in [2.75, 3.05) is 18.5 Å². The Balaban J connectivity index is 1.83. The van der Waals surface area contributed by atoms with E-state index in [0.29, 0.717) is 6.54 Å². The van der Waals surface area contributed by atoms with Crippen molar-refractivity contribution in [3.05, 3.63) is 81.7 Å². The molecule has 2 heterocycles. The summed E-state index contributed by atoms with van der Waals surface area (Å²) in [4.78, 5) is 17.3. The molecule has 0 radical (unpaired) electrons. The molecular formula is C25H27BrN2O3S. The minimum Gasteiger partial charge on any atom is -0.346 e. The first-order valence-electron chi connectivity index (χ1n) is 10.5. The Kier molecular flexibility index (Phi) is 5.84. The highest BCUT2D eigenvalue weighted by atomic mass is 79.9. The maximum absolute atomic E-state index is 13.3. The number of fused-ring (bicyclic) bond motifs is 3. The summed E-state index contributed by atoms with van der Waals surface area (Å²) in [6, 6.07) is 14.4. The number of anilines is 1. The number of amides is 1.